The summed E-state index contributed by atoms with van der Waals surface area (Å²) in [7, 11) is 0. The normalized spacial score (nSPS) is 10.2. The van der Waals surface area contributed by atoms with E-state index in [1.54, 1.807) is 12.1 Å². The summed E-state index contributed by atoms with van der Waals surface area (Å²) >= 11 is 5.68. The molecule has 0 saturated carbocycles. The zero-order chi connectivity index (χ0) is 12.0. The number of hydrogen-bond acceptors (Lipinski definition) is 2. The Labute approximate surface area is 101 Å². The highest BCUT2D eigenvalue weighted by Crippen LogP contribution is 2.08. The van der Waals surface area contributed by atoms with E-state index in [0.29, 0.717) is 10.7 Å². The van der Waals surface area contributed by atoms with E-state index in [1.165, 1.54) is 6.20 Å². The smallest absolute Gasteiger partial charge is 0.255 e. The molecular formula is C12H17ClN2O. The lowest BCUT2D eigenvalue weighted by Gasteiger charge is -2.20. The van der Waals surface area contributed by atoms with E-state index in [9.17, 15) is 4.79 Å². The molecule has 3 nitrogen and oxygen atoms in total. The van der Waals surface area contributed by atoms with E-state index in [1.807, 2.05) is 11.8 Å². The van der Waals surface area contributed by atoms with E-state index in [-0.39, 0.29) is 5.91 Å². The molecule has 0 saturated heterocycles. The standard InChI is InChI=1S/C12H17ClN2O/c1-3-5-8-15(4-2)12(16)10-6-7-11(13)14-9-10/h6-7,9H,3-5,8H2,1-2H3. The molecule has 1 rings (SSSR count). The van der Waals surface area contributed by atoms with Crippen molar-refractivity contribution in [1.82, 2.24) is 9.88 Å². The van der Waals surface area contributed by atoms with Gasteiger partial charge in [-0.1, -0.05) is 24.9 Å². The van der Waals surface area contributed by atoms with Gasteiger partial charge in [-0.25, -0.2) is 4.98 Å². The molecule has 0 N–H and O–H groups in total. The van der Waals surface area contributed by atoms with Gasteiger partial charge in [0.2, 0.25) is 0 Å². The molecular weight excluding hydrogens is 224 g/mol. The zero-order valence-corrected chi connectivity index (χ0v) is 10.5. The van der Waals surface area contributed by atoms with Crippen molar-refractivity contribution < 1.29 is 4.79 Å². The molecule has 0 unspecified atom stereocenters. The summed E-state index contributed by atoms with van der Waals surface area (Å²) in [5.41, 5.74) is 0.599. The summed E-state index contributed by atoms with van der Waals surface area (Å²) in [6.07, 6.45) is 3.64. The maximum Gasteiger partial charge on any atom is 0.255 e. The molecule has 0 atom stereocenters. The Morgan fingerprint density at radius 3 is 2.69 bits per heavy atom. The third-order valence-electron chi connectivity index (χ3n) is 2.42. The van der Waals surface area contributed by atoms with Gasteiger partial charge in [0.25, 0.3) is 5.91 Å². The molecule has 0 aliphatic heterocycles. The first kappa shape index (κ1) is 13.0. The predicted octanol–water partition coefficient (Wildman–Crippen LogP) is 3.00. The fraction of sp³-hybridized carbons (Fsp3) is 0.500. The Morgan fingerprint density at radius 2 is 2.19 bits per heavy atom. The second kappa shape index (κ2) is 6.48. The number of pyridine rings is 1. The van der Waals surface area contributed by atoms with E-state index < -0.39 is 0 Å². The molecule has 0 aliphatic carbocycles. The maximum atomic E-state index is 12.0. The van der Waals surface area contributed by atoms with Crippen LogP contribution in [-0.2, 0) is 0 Å². The molecule has 0 spiro atoms. The van der Waals surface area contributed by atoms with Gasteiger partial charge in [-0.15, -0.1) is 0 Å². The van der Waals surface area contributed by atoms with Crippen molar-refractivity contribution >= 4 is 17.5 Å². The average Bonchev–Trinajstić information content (AvgIpc) is 2.30. The van der Waals surface area contributed by atoms with Gasteiger partial charge >= 0.3 is 0 Å². The van der Waals surface area contributed by atoms with Gasteiger partial charge in [0.15, 0.2) is 0 Å². The summed E-state index contributed by atoms with van der Waals surface area (Å²) in [5, 5.41) is 0.410. The number of unbranched alkanes of at least 4 members (excludes halogenated alkanes) is 1. The van der Waals surface area contributed by atoms with Crippen LogP contribution < -0.4 is 0 Å². The van der Waals surface area contributed by atoms with Crippen molar-refractivity contribution in [3.8, 4) is 0 Å². The van der Waals surface area contributed by atoms with Crippen LogP contribution in [-0.4, -0.2) is 28.9 Å². The highest BCUT2D eigenvalue weighted by molar-refractivity contribution is 6.29. The molecule has 0 bridgehead atoms. The van der Waals surface area contributed by atoms with Crippen LogP contribution in [0.5, 0.6) is 0 Å². The van der Waals surface area contributed by atoms with Crippen molar-refractivity contribution in [2.75, 3.05) is 13.1 Å². The molecule has 1 heterocycles. The van der Waals surface area contributed by atoms with Crippen LogP contribution >= 0.6 is 11.6 Å². The zero-order valence-electron chi connectivity index (χ0n) is 9.74. The number of carbonyl (C=O) groups excluding carboxylic acids is 1. The largest absolute Gasteiger partial charge is 0.339 e. The molecule has 1 aromatic heterocycles. The fourth-order valence-corrected chi connectivity index (χ4v) is 1.55. The quantitative estimate of drug-likeness (QED) is 0.742. The predicted molar refractivity (Wildman–Crippen MR) is 65.7 cm³/mol. The molecule has 88 valence electrons. The van der Waals surface area contributed by atoms with Gasteiger partial charge in [-0.2, -0.15) is 0 Å². The van der Waals surface area contributed by atoms with Gasteiger partial charge in [0.1, 0.15) is 5.15 Å². The summed E-state index contributed by atoms with van der Waals surface area (Å²) in [4.78, 5) is 17.8. The van der Waals surface area contributed by atoms with E-state index in [0.717, 1.165) is 25.9 Å². The summed E-state index contributed by atoms with van der Waals surface area (Å²) < 4.78 is 0. The molecule has 0 aromatic carbocycles. The van der Waals surface area contributed by atoms with Crippen LogP contribution in [0.1, 0.15) is 37.0 Å². The topological polar surface area (TPSA) is 33.2 Å². The second-order valence-electron chi connectivity index (χ2n) is 3.61. The van der Waals surface area contributed by atoms with Crippen LogP contribution in [0.3, 0.4) is 0 Å². The van der Waals surface area contributed by atoms with Gasteiger partial charge in [-0.3, -0.25) is 4.79 Å². The lowest BCUT2D eigenvalue weighted by Crippen LogP contribution is -2.31. The van der Waals surface area contributed by atoms with Gasteiger partial charge in [0, 0.05) is 19.3 Å². The third-order valence-corrected chi connectivity index (χ3v) is 2.65. The fourth-order valence-electron chi connectivity index (χ4n) is 1.44. The number of rotatable bonds is 5. The Balaban J connectivity index is 2.70. The van der Waals surface area contributed by atoms with Gasteiger partial charge < -0.3 is 4.90 Å². The molecule has 0 fully saturated rings. The van der Waals surface area contributed by atoms with E-state index in [2.05, 4.69) is 11.9 Å². The van der Waals surface area contributed by atoms with Crippen LogP contribution in [0.4, 0.5) is 0 Å². The van der Waals surface area contributed by atoms with E-state index >= 15 is 0 Å². The number of halogens is 1. The summed E-state index contributed by atoms with van der Waals surface area (Å²) in [6, 6.07) is 3.36. The average molecular weight is 241 g/mol. The van der Waals surface area contributed by atoms with Crippen LogP contribution in [0.2, 0.25) is 5.15 Å². The highest BCUT2D eigenvalue weighted by Gasteiger charge is 2.13. The van der Waals surface area contributed by atoms with Crippen molar-refractivity contribution in [1.29, 1.82) is 0 Å². The number of hydrogen-bond donors (Lipinski definition) is 0. The minimum Gasteiger partial charge on any atom is -0.339 e. The third kappa shape index (κ3) is 3.49. The molecule has 1 aromatic rings. The molecule has 4 heteroatoms. The number of amides is 1. The minimum atomic E-state index is 0.0279. The van der Waals surface area contributed by atoms with Crippen LogP contribution in [0.15, 0.2) is 18.3 Å². The van der Waals surface area contributed by atoms with Crippen molar-refractivity contribution in [2.24, 2.45) is 0 Å². The minimum absolute atomic E-state index is 0.0279. The molecule has 0 radical (unpaired) electrons. The first-order valence-corrected chi connectivity index (χ1v) is 5.97. The Morgan fingerprint density at radius 1 is 1.44 bits per heavy atom. The van der Waals surface area contributed by atoms with Crippen molar-refractivity contribution in [3.63, 3.8) is 0 Å². The number of carbonyl (C=O) groups is 1. The monoisotopic (exact) mass is 240 g/mol. The molecule has 1 amide bonds. The van der Waals surface area contributed by atoms with Gasteiger partial charge in [0.05, 0.1) is 5.56 Å². The van der Waals surface area contributed by atoms with E-state index in [4.69, 9.17) is 11.6 Å². The Bertz CT molecular complexity index is 337. The molecule has 0 aliphatic rings. The number of nitrogens with zero attached hydrogens (tertiary/aromatic N) is 2. The second-order valence-corrected chi connectivity index (χ2v) is 4.00. The lowest BCUT2D eigenvalue weighted by molar-refractivity contribution is 0.0762. The van der Waals surface area contributed by atoms with Crippen LogP contribution in [0, 0.1) is 0 Å². The van der Waals surface area contributed by atoms with Gasteiger partial charge in [-0.05, 0) is 25.5 Å². The first-order valence-electron chi connectivity index (χ1n) is 5.59. The lowest BCUT2D eigenvalue weighted by atomic mass is 10.2. The summed E-state index contributed by atoms with van der Waals surface area (Å²) in [6.45, 7) is 5.62. The molecule has 16 heavy (non-hydrogen) atoms. The SMILES string of the molecule is CCCCN(CC)C(=O)c1ccc(Cl)nc1. The van der Waals surface area contributed by atoms with Crippen molar-refractivity contribution in [2.45, 2.75) is 26.7 Å². The first-order chi connectivity index (χ1) is 7.69. The van der Waals surface area contributed by atoms with Crippen LogP contribution in [0.25, 0.3) is 0 Å². The maximum absolute atomic E-state index is 12.0. The Hall–Kier alpha value is -1.09. The van der Waals surface area contributed by atoms with Crippen molar-refractivity contribution in [3.05, 3.63) is 29.0 Å². The summed E-state index contributed by atoms with van der Waals surface area (Å²) in [5.74, 6) is 0.0279. The number of aromatic nitrogens is 1. The Kier molecular flexibility index (Phi) is 5.26. The highest BCUT2D eigenvalue weighted by atomic mass is 35.5.